The van der Waals surface area contributed by atoms with Gasteiger partial charge in [0.05, 0.1) is 17.1 Å². The summed E-state index contributed by atoms with van der Waals surface area (Å²) in [4.78, 5) is 14.4. The van der Waals surface area contributed by atoms with Crippen molar-refractivity contribution < 1.29 is 0 Å². The first-order chi connectivity index (χ1) is 12.1. The summed E-state index contributed by atoms with van der Waals surface area (Å²) in [6.07, 6.45) is 5.71. The molecule has 0 aliphatic carbocycles. The van der Waals surface area contributed by atoms with E-state index in [2.05, 4.69) is 40.6 Å². The van der Waals surface area contributed by atoms with Gasteiger partial charge in [-0.1, -0.05) is 25.4 Å². The van der Waals surface area contributed by atoms with Gasteiger partial charge in [-0.15, -0.1) is 0 Å². The summed E-state index contributed by atoms with van der Waals surface area (Å²) in [5, 5.41) is 6.51. The third-order valence-corrected chi connectivity index (χ3v) is 5.24. The van der Waals surface area contributed by atoms with Crippen molar-refractivity contribution in [2.45, 2.75) is 46.2 Å². The number of hydrogen-bond acceptors (Lipinski definition) is 4. The molecular weight excluding hydrogens is 336 g/mol. The first-order valence-corrected chi connectivity index (χ1v) is 9.21. The number of nitrogens with zero attached hydrogens (tertiary/aromatic N) is 5. The molecule has 0 bridgehead atoms. The summed E-state index contributed by atoms with van der Waals surface area (Å²) >= 11 is 6.74. The highest BCUT2D eigenvalue weighted by molar-refractivity contribution is 6.30. The number of anilines is 1. The number of rotatable bonds is 4. The Bertz CT molecular complexity index is 896. The minimum absolute atomic E-state index is 0.210. The van der Waals surface area contributed by atoms with Gasteiger partial charge in [0.15, 0.2) is 0 Å². The minimum atomic E-state index is 0.210. The van der Waals surface area contributed by atoms with Crippen LogP contribution in [0.15, 0.2) is 18.6 Å². The molecule has 25 heavy (non-hydrogen) atoms. The monoisotopic (exact) mass is 358 g/mol. The van der Waals surface area contributed by atoms with Crippen LogP contribution in [0.5, 0.6) is 0 Å². The van der Waals surface area contributed by atoms with Crippen LogP contribution in [0, 0.1) is 12.8 Å². The Kier molecular flexibility index (Phi) is 4.15. The zero-order valence-electron chi connectivity index (χ0n) is 14.8. The number of halogens is 1. The lowest BCUT2D eigenvalue weighted by Crippen LogP contribution is -2.24. The average Bonchev–Trinajstić information content (AvgIpc) is 3.26. The molecule has 4 heterocycles. The van der Waals surface area contributed by atoms with E-state index in [4.69, 9.17) is 16.7 Å². The lowest BCUT2D eigenvalue weighted by Gasteiger charge is -2.26. The molecule has 1 saturated heterocycles. The fourth-order valence-electron chi connectivity index (χ4n) is 3.82. The van der Waals surface area contributed by atoms with E-state index in [1.165, 1.54) is 0 Å². The van der Waals surface area contributed by atoms with Gasteiger partial charge in [0, 0.05) is 24.8 Å². The Morgan fingerprint density at radius 1 is 1.36 bits per heavy atom. The quantitative estimate of drug-likeness (QED) is 0.762. The second kappa shape index (κ2) is 6.33. The lowest BCUT2D eigenvalue weighted by molar-refractivity contribution is 0.481. The Morgan fingerprint density at radius 2 is 2.20 bits per heavy atom. The maximum Gasteiger partial charge on any atom is 0.142 e. The van der Waals surface area contributed by atoms with Crippen molar-refractivity contribution in [3.8, 4) is 0 Å². The number of aromatic amines is 1. The zero-order valence-corrected chi connectivity index (χ0v) is 15.6. The Morgan fingerprint density at radius 3 is 3.00 bits per heavy atom. The van der Waals surface area contributed by atoms with E-state index in [0.29, 0.717) is 5.92 Å². The van der Waals surface area contributed by atoms with Gasteiger partial charge in [0.1, 0.15) is 22.9 Å². The van der Waals surface area contributed by atoms with E-state index in [1.807, 2.05) is 16.9 Å². The molecule has 0 saturated carbocycles. The third kappa shape index (κ3) is 2.78. The number of hydrogen-bond donors (Lipinski definition) is 1. The van der Waals surface area contributed by atoms with Crippen LogP contribution in [0.4, 0.5) is 5.82 Å². The number of H-pyrrole nitrogens is 1. The second-order valence-corrected chi connectivity index (χ2v) is 7.51. The molecule has 1 N–H and O–H groups in total. The first-order valence-electron chi connectivity index (χ1n) is 8.83. The van der Waals surface area contributed by atoms with Crippen LogP contribution in [0.1, 0.15) is 44.0 Å². The van der Waals surface area contributed by atoms with Crippen LogP contribution in [0.25, 0.3) is 11.0 Å². The maximum absolute atomic E-state index is 6.74. The van der Waals surface area contributed by atoms with Crippen LogP contribution < -0.4 is 4.90 Å². The highest BCUT2D eigenvalue weighted by Crippen LogP contribution is 2.41. The normalized spacial score (nSPS) is 18.0. The molecule has 0 radical (unpaired) electrons. The van der Waals surface area contributed by atoms with E-state index < -0.39 is 0 Å². The van der Waals surface area contributed by atoms with E-state index >= 15 is 0 Å². The maximum atomic E-state index is 6.74. The van der Waals surface area contributed by atoms with Crippen LogP contribution in [0.3, 0.4) is 0 Å². The smallest absolute Gasteiger partial charge is 0.142 e. The van der Waals surface area contributed by atoms with E-state index in [0.717, 1.165) is 59.2 Å². The average molecular weight is 359 g/mol. The Hall–Kier alpha value is -2.08. The molecule has 4 rings (SSSR count). The standard InChI is InChI=1S/C18H23ClN6/c1-11(2)9-25-16(19)15(12(3)23-25)14-5-4-8-24(14)18-13-6-7-20-17(13)21-10-22-18/h6-7,10-11,14H,4-5,8-9H2,1-3H3,(H,20,21,22)/t14-/m0/s1. The van der Waals surface area contributed by atoms with Crippen LogP contribution in [0.2, 0.25) is 5.15 Å². The number of aryl methyl sites for hydroxylation is 1. The summed E-state index contributed by atoms with van der Waals surface area (Å²) in [5.74, 6) is 1.48. The third-order valence-electron chi connectivity index (χ3n) is 4.84. The predicted molar refractivity (Wildman–Crippen MR) is 100 cm³/mol. The largest absolute Gasteiger partial charge is 0.349 e. The van der Waals surface area contributed by atoms with E-state index in [1.54, 1.807) is 6.33 Å². The van der Waals surface area contributed by atoms with Crippen molar-refractivity contribution in [3.05, 3.63) is 35.0 Å². The van der Waals surface area contributed by atoms with Crippen molar-refractivity contribution in [3.63, 3.8) is 0 Å². The van der Waals surface area contributed by atoms with Crippen molar-refractivity contribution in [1.82, 2.24) is 24.7 Å². The van der Waals surface area contributed by atoms with Crippen LogP contribution in [-0.4, -0.2) is 31.3 Å². The first kappa shape index (κ1) is 16.4. The van der Waals surface area contributed by atoms with Crippen molar-refractivity contribution >= 4 is 28.5 Å². The Balaban J connectivity index is 1.76. The van der Waals surface area contributed by atoms with Gasteiger partial charge >= 0.3 is 0 Å². The summed E-state index contributed by atoms with van der Waals surface area (Å²) < 4.78 is 1.94. The SMILES string of the molecule is Cc1nn(CC(C)C)c(Cl)c1[C@@H]1CCCN1c1ncnc2[nH]ccc12. The molecule has 3 aromatic heterocycles. The van der Waals surface area contributed by atoms with Crippen molar-refractivity contribution in [2.75, 3.05) is 11.4 Å². The van der Waals surface area contributed by atoms with Gasteiger partial charge in [-0.05, 0) is 31.7 Å². The summed E-state index contributed by atoms with van der Waals surface area (Å²) in [5.41, 5.74) is 3.03. The van der Waals surface area contributed by atoms with Gasteiger partial charge < -0.3 is 9.88 Å². The van der Waals surface area contributed by atoms with E-state index in [9.17, 15) is 0 Å². The summed E-state index contributed by atoms with van der Waals surface area (Å²) in [7, 11) is 0. The summed E-state index contributed by atoms with van der Waals surface area (Å²) in [6.45, 7) is 8.21. The topological polar surface area (TPSA) is 62.6 Å². The number of aromatic nitrogens is 5. The van der Waals surface area contributed by atoms with Crippen molar-refractivity contribution in [1.29, 1.82) is 0 Å². The molecule has 132 valence electrons. The molecule has 6 nitrogen and oxygen atoms in total. The number of fused-ring (bicyclic) bond motifs is 1. The van der Waals surface area contributed by atoms with E-state index in [-0.39, 0.29) is 6.04 Å². The van der Waals surface area contributed by atoms with Gasteiger partial charge in [0.2, 0.25) is 0 Å². The lowest BCUT2D eigenvalue weighted by atomic mass is 10.1. The Labute approximate surface area is 152 Å². The van der Waals surface area contributed by atoms with Gasteiger partial charge in [-0.25, -0.2) is 9.97 Å². The zero-order chi connectivity index (χ0) is 17.6. The minimum Gasteiger partial charge on any atom is -0.349 e. The summed E-state index contributed by atoms with van der Waals surface area (Å²) in [6, 6.07) is 2.25. The van der Waals surface area contributed by atoms with Gasteiger partial charge in [-0.2, -0.15) is 5.10 Å². The molecule has 1 aliphatic heterocycles. The molecule has 1 aliphatic rings. The van der Waals surface area contributed by atoms with Crippen molar-refractivity contribution in [2.24, 2.45) is 5.92 Å². The predicted octanol–water partition coefficient (Wildman–Crippen LogP) is 4.11. The molecule has 0 unspecified atom stereocenters. The fraction of sp³-hybridized carbons (Fsp3) is 0.500. The highest BCUT2D eigenvalue weighted by atomic mass is 35.5. The highest BCUT2D eigenvalue weighted by Gasteiger charge is 2.33. The second-order valence-electron chi connectivity index (χ2n) is 7.15. The van der Waals surface area contributed by atoms with Crippen LogP contribution in [-0.2, 0) is 6.54 Å². The van der Waals surface area contributed by atoms with Gasteiger partial charge in [0.25, 0.3) is 0 Å². The number of nitrogens with one attached hydrogen (secondary N) is 1. The van der Waals surface area contributed by atoms with Crippen LogP contribution >= 0.6 is 11.6 Å². The molecule has 1 fully saturated rings. The molecular formula is C18H23ClN6. The molecule has 7 heteroatoms. The molecule has 0 spiro atoms. The molecule has 0 amide bonds. The molecule has 1 atom stereocenters. The molecule has 3 aromatic rings. The fourth-order valence-corrected chi connectivity index (χ4v) is 4.19. The van der Waals surface area contributed by atoms with Gasteiger partial charge in [-0.3, -0.25) is 4.68 Å². The molecule has 0 aromatic carbocycles.